The van der Waals surface area contributed by atoms with E-state index in [1.54, 1.807) is 11.7 Å². The van der Waals surface area contributed by atoms with Crippen LogP contribution in [0, 0.1) is 6.92 Å². The van der Waals surface area contributed by atoms with Crippen molar-refractivity contribution in [2.24, 2.45) is 7.05 Å². The van der Waals surface area contributed by atoms with Gasteiger partial charge in [-0.15, -0.1) is 0 Å². The molecule has 1 aliphatic carbocycles. The first-order valence-corrected chi connectivity index (χ1v) is 6.86. The summed E-state index contributed by atoms with van der Waals surface area (Å²) in [5.41, 5.74) is 1.25. The lowest BCUT2D eigenvalue weighted by Gasteiger charge is -2.31. The smallest absolute Gasteiger partial charge is 0.258 e. The number of aryl methyl sites for hydroxylation is 2. The maximum atomic E-state index is 12.5. The van der Waals surface area contributed by atoms with E-state index in [4.69, 9.17) is 11.6 Å². The molecule has 0 atom stereocenters. The fourth-order valence-corrected chi connectivity index (χ4v) is 2.94. The van der Waals surface area contributed by atoms with Gasteiger partial charge in [-0.25, -0.2) is 0 Å². The van der Waals surface area contributed by atoms with Crippen LogP contribution in [0.15, 0.2) is 0 Å². The SMILES string of the molecule is Cc1nn(C)c(Cl)c1C(=O)N(C)C1CCCCC1. The van der Waals surface area contributed by atoms with E-state index < -0.39 is 0 Å². The zero-order chi connectivity index (χ0) is 13.3. The fourth-order valence-electron chi connectivity index (χ4n) is 2.68. The lowest BCUT2D eigenvalue weighted by atomic mass is 9.94. The molecule has 100 valence electrons. The molecule has 0 radical (unpaired) electrons. The van der Waals surface area contributed by atoms with E-state index in [9.17, 15) is 4.79 Å². The van der Waals surface area contributed by atoms with Crippen LogP contribution in [0.5, 0.6) is 0 Å². The minimum absolute atomic E-state index is 0.00231. The first-order valence-electron chi connectivity index (χ1n) is 6.48. The molecule has 5 heteroatoms. The van der Waals surface area contributed by atoms with Crippen LogP contribution in [0.1, 0.15) is 48.2 Å². The molecule has 1 saturated carbocycles. The number of carbonyl (C=O) groups excluding carboxylic acids is 1. The van der Waals surface area contributed by atoms with E-state index in [1.165, 1.54) is 19.3 Å². The molecule has 0 unspecified atom stereocenters. The minimum atomic E-state index is -0.00231. The summed E-state index contributed by atoms with van der Waals surface area (Å²) in [6, 6.07) is 0.349. The number of amides is 1. The van der Waals surface area contributed by atoms with Gasteiger partial charge in [0.15, 0.2) is 0 Å². The summed E-state index contributed by atoms with van der Waals surface area (Å²) in [6.07, 6.45) is 5.90. The Balaban J connectivity index is 2.19. The molecular weight excluding hydrogens is 250 g/mol. The average molecular weight is 270 g/mol. The molecule has 0 bridgehead atoms. The van der Waals surface area contributed by atoms with Crippen molar-refractivity contribution in [2.75, 3.05) is 7.05 Å². The fraction of sp³-hybridized carbons (Fsp3) is 0.692. The Bertz CT molecular complexity index is 449. The molecule has 1 aromatic rings. The molecule has 1 amide bonds. The van der Waals surface area contributed by atoms with Gasteiger partial charge in [0.05, 0.1) is 11.3 Å². The third-order valence-corrected chi connectivity index (χ3v) is 4.24. The normalized spacial score (nSPS) is 16.9. The number of carbonyl (C=O) groups is 1. The second kappa shape index (κ2) is 5.31. The Morgan fingerprint density at radius 3 is 2.50 bits per heavy atom. The maximum Gasteiger partial charge on any atom is 0.258 e. The van der Waals surface area contributed by atoms with Gasteiger partial charge in [-0.1, -0.05) is 30.9 Å². The van der Waals surface area contributed by atoms with Gasteiger partial charge >= 0.3 is 0 Å². The van der Waals surface area contributed by atoms with Crippen molar-refractivity contribution in [1.29, 1.82) is 0 Å². The van der Waals surface area contributed by atoms with Gasteiger partial charge < -0.3 is 4.90 Å². The number of hydrogen-bond acceptors (Lipinski definition) is 2. The zero-order valence-corrected chi connectivity index (χ0v) is 12.0. The van der Waals surface area contributed by atoms with Crippen LogP contribution in [0.2, 0.25) is 5.15 Å². The summed E-state index contributed by atoms with van der Waals surface area (Å²) in [5.74, 6) is -0.00231. The van der Waals surface area contributed by atoms with Gasteiger partial charge in [0.1, 0.15) is 5.15 Å². The number of halogens is 1. The third kappa shape index (κ3) is 2.39. The van der Waals surface area contributed by atoms with Crippen molar-refractivity contribution in [1.82, 2.24) is 14.7 Å². The number of nitrogens with zero attached hydrogens (tertiary/aromatic N) is 3. The highest BCUT2D eigenvalue weighted by Crippen LogP contribution is 2.26. The van der Waals surface area contributed by atoms with Crippen molar-refractivity contribution < 1.29 is 4.79 Å². The molecule has 1 heterocycles. The van der Waals surface area contributed by atoms with Gasteiger partial charge in [0, 0.05) is 20.1 Å². The van der Waals surface area contributed by atoms with Crippen molar-refractivity contribution in [3.63, 3.8) is 0 Å². The Kier molecular flexibility index (Phi) is 3.95. The summed E-state index contributed by atoms with van der Waals surface area (Å²) >= 11 is 6.14. The van der Waals surface area contributed by atoms with Crippen molar-refractivity contribution in [3.8, 4) is 0 Å². The number of rotatable bonds is 2. The first-order chi connectivity index (χ1) is 8.52. The Hall–Kier alpha value is -1.03. The molecule has 0 saturated heterocycles. The molecule has 2 rings (SSSR count). The molecule has 18 heavy (non-hydrogen) atoms. The zero-order valence-electron chi connectivity index (χ0n) is 11.2. The minimum Gasteiger partial charge on any atom is -0.339 e. The Morgan fingerprint density at radius 2 is 2.00 bits per heavy atom. The maximum absolute atomic E-state index is 12.5. The van der Waals surface area contributed by atoms with E-state index in [2.05, 4.69) is 5.10 Å². The molecule has 0 spiro atoms. The molecule has 0 aromatic carbocycles. The highest BCUT2D eigenvalue weighted by atomic mass is 35.5. The first kappa shape index (κ1) is 13.4. The standard InChI is InChI=1S/C13H20ClN3O/c1-9-11(12(14)17(3)15-9)13(18)16(2)10-7-5-4-6-8-10/h10H,4-8H2,1-3H3. The van der Waals surface area contributed by atoms with Crippen LogP contribution in [-0.2, 0) is 7.05 Å². The average Bonchev–Trinajstić information content (AvgIpc) is 2.63. The van der Waals surface area contributed by atoms with E-state index >= 15 is 0 Å². The van der Waals surface area contributed by atoms with Crippen molar-refractivity contribution in [2.45, 2.75) is 45.1 Å². The largest absolute Gasteiger partial charge is 0.339 e. The summed E-state index contributed by atoms with van der Waals surface area (Å²) < 4.78 is 1.55. The second-order valence-corrected chi connectivity index (χ2v) is 5.44. The van der Waals surface area contributed by atoms with Gasteiger partial charge in [-0.2, -0.15) is 5.10 Å². The van der Waals surface area contributed by atoms with Crippen LogP contribution in [-0.4, -0.2) is 33.7 Å². The molecule has 0 N–H and O–H groups in total. The van der Waals surface area contributed by atoms with E-state index in [-0.39, 0.29) is 5.91 Å². The Labute approximate surface area is 113 Å². The second-order valence-electron chi connectivity index (χ2n) is 5.08. The van der Waals surface area contributed by atoms with Crippen LogP contribution in [0.4, 0.5) is 0 Å². The molecule has 1 aromatic heterocycles. The van der Waals surface area contributed by atoms with Crippen LogP contribution >= 0.6 is 11.6 Å². The lowest BCUT2D eigenvalue weighted by Crippen LogP contribution is -2.38. The summed E-state index contributed by atoms with van der Waals surface area (Å²) in [4.78, 5) is 14.3. The summed E-state index contributed by atoms with van der Waals surface area (Å²) in [5, 5.41) is 4.63. The van der Waals surface area contributed by atoms with Crippen LogP contribution < -0.4 is 0 Å². The predicted molar refractivity (Wildman–Crippen MR) is 71.9 cm³/mol. The molecule has 1 aliphatic rings. The highest BCUT2D eigenvalue weighted by molar-refractivity contribution is 6.33. The summed E-state index contributed by atoms with van der Waals surface area (Å²) in [7, 11) is 3.63. The van der Waals surface area contributed by atoms with E-state index in [0.717, 1.165) is 12.8 Å². The Morgan fingerprint density at radius 1 is 1.39 bits per heavy atom. The van der Waals surface area contributed by atoms with E-state index in [1.807, 2.05) is 18.9 Å². The van der Waals surface area contributed by atoms with E-state index in [0.29, 0.717) is 22.5 Å². The van der Waals surface area contributed by atoms with Crippen LogP contribution in [0.3, 0.4) is 0 Å². The molecular formula is C13H20ClN3O. The highest BCUT2D eigenvalue weighted by Gasteiger charge is 2.27. The number of hydrogen-bond donors (Lipinski definition) is 0. The summed E-state index contributed by atoms with van der Waals surface area (Å²) in [6.45, 7) is 1.83. The molecule has 0 aliphatic heterocycles. The van der Waals surface area contributed by atoms with Gasteiger partial charge in [-0.05, 0) is 19.8 Å². The van der Waals surface area contributed by atoms with Crippen LogP contribution in [0.25, 0.3) is 0 Å². The van der Waals surface area contributed by atoms with Gasteiger partial charge in [-0.3, -0.25) is 9.48 Å². The van der Waals surface area contributed by atoms with Crippen molar-refractivity contribution in [3.05, 3.63) is 16.4 Å². The third-order valence-electron chi connectivity index (χ3n) is 3.81. The molecule has 4 nitrogen and oxygen atoms in total. The van der Waals surface area contributed by atoms with Gasteiger partial charge in [0.25, 0.3) is 5.91 Å². The quantitative estimate of drug-likeness (QED) is 0.828. The lowest BCUT2D eigenvalue weighted by molar-refractivity contribution is 0.0695. The topological polar surface area (TPSA) is 38.1 Å². The predicted octanol–water partition coefficient (Wildman–Crippen LogP) is 2.79. The monoisotopic (exact) mass is 269 g/mol. The molecule has 1 fully saturated rings. The van der Waals surface area contributed by atoms with Gasteiger partial charge in [0.2, 0.25) is 0 Å². The number of aromatic nitrogens is 2. The van der Waals surface area contributed by atoms with Crippen molar-refractivity contribution >= 4 is 17.5 Å².